The number of amides is 1. The SMILES string of the molecule is COc1ccc(N2C(=O)[C@H](Br)[C@H]2c2ccccc2)cc1. The first-order valence-corrected chi connectivity index (χ1v) is 7.30. The molecule has 1 fully saturated rings. The van der Waals surface area contributed by atoms with Gasteiger partial charge in [0.15, 0.2) is 0 Å². The van der Waals surface area contributed by atoms with E-state index in [4.69, 9.17) is 4.74 Å². The first-order chi connectivity index (χ1) is 9.72. The summed E-state index contributed by atoms with van der Waals surface area (Å²) in [6, 6.07) is 17.6. The molecule has 1 heterocycles. The minimum absolute atomic E-state index is 0.0390. The maximum Gasteiger partial charge on any atom is 0.243 e. The Morgan fingerprint density at radius 2 is 1.70 bits per heavy atom. The van der Waals surface area contributed by atoms with Gasteiger partial charge in [-0.3, -0.25) is 4.79 Å². The monoisotopic (exact) mass is 331 g/mol. The van der Waals surface area contributed by atoms with Crippen LogP contribution in [0.2, 0.25) is 0 Å². The maximum absolute atomic E-state index is 12.1. The van der Waals surface area contributed by atoms with Crippen LogP contribution in [0.3, 0.4) is 0 Å². The first-order valence-electron chi connectivity index (χ1n) is 6.38. The van der Waals surface area contributed by atoms with Gasteiger partial charge >= 0.3 is 0 Å². The molecule has 1 aliphatic heterocycles. The molecular formula is C16H14BrNO2. The Morgan fingerprint density at radius 3 is 2.30 bits per heavy atom. The van der Waals surface area contributed by atoms with Crippen molar-refractivity contribution in [2.75, 3.05) is 12.0 Å². The van der Waals surface area contributed by atoms with Crippen molar-refractivity contribution in [1.82, 2.24) is 0 Å². The van der Waals surface area contributed by atoms with Gasteiger partial charge in [-0.25, -0.2) is 0 Å². The van der Waals surface area contributed by atoms with Gasteiger partial charge in [-0.2, -0.15) is 0 Å². The molecule has 0 unspecified atom stereocenters. The Hall–Kier alpha value is -1.81. The molecule has 3 nitrogen and oxygen atoms in total. The van der Waals surface area contributed by atoms with E-state index in [0.29, 0.717) is 0 Å². The fourth-order valence-electron chi connectivity index (χ4n) is 2.45. The van der Waals surface area contributed by atoms with Gasteiger partial charge in [-0.05, 0) is 29.8 Å². The smallest absolute Gasteiger partial charge is 0.243 e. The number of halogens is 1. The molecule has 0 saturated carbocycles. The van der Waals surface area contributed by atoms with Gasteiger partial charge < -0.3 is 9.64 Å². The summed E-state index contributed by atoms with van der Waals surface area (Å²) in [5, 5.41) is 0. The van der Waals surface area contributed by atoms with Crippen LogP contribution in [-0.4, -0.2) is 17.8 Å². The quantitative estimate of drug-likeness (QED) is 0.635. The molecule has 2 aromatic rings. The molecule has 0 N–H and O–H groups in total. The average Bonchev–Trinajstić information content (AvgIpc) is 2.52. The molecule has 1 aliphatic rings. The van der Waals surface area contributed by atoms with Crippen LogP contribution in [0.4, 0.5) is 5.69 Å². The van der Waals surface area contributed by atoms with E-state index in [-0.39, 0.29) is 16.8 Å². The van der Waals surface area contributed by atoms with Crippen molar-refractivity contribution in [3.8, 4) is 5.75 Å². The summed E-state index contributed by atoms with van der Waals surface area (Å²) in [6.07, 6.45) is 0. The number of carbonyl (C=O) groups excluding carboxylic acids is 1. The van der Waals surface area contributed by atoms with Crippen molar-refractivity contribution >= 4 is 27.5 Å². The molecule has 2 atom stereocenters. The number of alkyl halides is 1. The van der Waals surface area contributed by atoms with Crippen molar-refractivity contribution in [1.29, 1.82) is 0 Å². The molecule has 20 heavy (non-hydrogen) atoms. The number of benzene rings is 2. The Balaban J connectivity index is 1.92. The summed E-state index contributed by atoms with van der Waals surface area (Å²) in [4.78, 5) is 13.8. The predicted molar refractivity (Wildman–Crippen MR) is 82.4 cm³/mol. The summed E-state index contributed by atoms with van der Waals surface area (Å²) in [5.74, 6) is 0.873. The standard InChI is InChI=1S/C16H14BrNO2/c1-20-13-9-7-12(8-10-13)18-15(14(17)16(18)19)11-5-3-2-4-6-11/h2-10,14-15H,1H3/t14-,15-/m1/s1. The molecule has 3 rings (SSSR count). The summed E-state index contributed by atoms with van der Waals surface area (Å²) in [6.45, 7) is 0. The molecular weight excluding hydrogens is 318 g/mol. The average molecular weight is 332 g/mol. The Labute approximate surface area is 126 Å². The number of hydrogen-bond donors (Lipinski definition) is 0. The molecule has 102 valence electrons. The van der Waals surface area contributed by atoms with Gasteiger partial charge in [0.25, 0.3) is 0 Å². The van der Waals surface area contributed by atoms with E-state index >= 15 is 0 Å². The zero-order chi connectivity index (χ0) is 14.1. The summed E-state index contributed by atoms with van der Waals surface area (Å²) < 4.78 is 5.15. The van der Waals surface area contributed by atoms with Gasteiger partial charge in [0.05, 0.1) is 13.2 Å². The number of carbonyl (C=O) groups is 1. The number of anilines is 1. The second kappa shape index (κ2) is 5.29. The van der Waals surface area contributed by atoms with E-state index in [1.807, 2.05) is 59.5 Å². The highest BCUT2D eigenvalue weighted by Gasteiger charge is 2.47. The van der Waals surface area contributed by atoms with Crippen LogP contribution in [-0.2, 0) is 4.79 Å². The lowest BCUT2D eigenvalue weighted by Crippen LogP contribution is -2.56. The lowest BCUT2D eigenvalue weighted by atomic mass is 9.93. The fourth-order valence-corrected chi connectivity index (χ4v) is 3.21. The van der Waals surface area contributed by atoms with Crippen LogP contribution in [0, 0.1) is 0 Å². The van der Waals surface area contributed by atoms with Crippen molar-refractivity contribution in [2.24, 2.45) is 0 Å². The highest BCUT2D eigenvalue weighted by molar-refractivity contribution is 9.10. The van der Waals surface area contributed by atoms with Gasteiger partial charge in [-0.1, -0.05) is 46.3 Å². The molecule has 2 aromatic carbocycles. The lowest BCUT2D eigenvalue weighted by molar-refractivity contribution is -0.123. The van der Waals surface area contributed by atoms with Gasteiger partial charge in [0, 0.05) is 5.69 Å². The van der Waals surface area contributed by atoms with Crippen molar-refractivity contribution in [2.45, 2.75) is 10.9 Å². The van der Waals surface area contributed by atoms with E-state index < -0.39 is 0 Å². The number of ether oxygens (including phenoxy) is 1. The summed E-state index contributed by atoms with van der Waals surface area (Å²) in [7, 11) is 1.63. The molecule has 0 aliphatic carbocycles. The topological polar surface area (TPSA) is 29.5 Å². The number of β-lactam (4-membered cyclic amide) rings is 1. The zero-order valence-corrected chi connectivity index (χ0v) is 12.6. The molecule has 0 radical (unpaired) electrons. The van der Waals surface area contributed by atoms with Crippen LogP contribution in [0.25, 0.3) is 0 Å². The Kier molecular flexibility index (Phi) is 3.49. The van der Waals surface area contributed by atoms with E-state index in [2.05, 4.69) is 15.9 Å². The minimum atomic E-state index is -0.160. The molecule has 1 saturated heterocycles. The Bertz CT molecular complexity index is 612. The largest absolute Gasteiger partial charge is 0.497 e. The van der Waals surface area contributed by atoms with E-state index in [1.54, 1.807) is 7.11 Å². The third kappa shape index (κ3) is 2.10. The summed E-state index contributed by atoms with van der Waals surface area (Å²) in [5.41, 5.74) is 2.02. The third-order valence-electron chi connectivity index (χ3n) is 3.52. The second-order valence-electron chi connectivity index (χ2n) is 4.66. The third-order valence-corrected chi connectivity index (χ3v) is 4.41. The minimum Gasteiger partial charge on any atom is -0.497 e. The van der Waals surface area contributed by atoms with Gasteiger partial charge in [0.1, 0.15) is 10.6 Å². The molecule has 4 heteroatoms. The molecule has 0 aromatic heterocycles. The van der Waals surface area contributed by atoms with Crippen LogP contribution in [0.5, 0.6) is 5.75 Å². The predicted octanol–water partition coefficient (Wildman–Crippen LogP) is 3.55. The number of methoxy groups -OCH3 is 1. The van der Waals surface area contributed by atoms with Crippen molar-refractivity contribution in [3.05, 3.63) is 60.2 Å². The second-order valence-corrected chi connectivity index (χ2v) is 5.65. The molecule has 0 bridgehead atoms. The number of rotatable bonds is 3. The maximum atomic E-state index is 12.1. The van der Waals surface area contributed by atoms with Crippen molar-refractivity contribution < 1.29 is 9.53 Å². The first kappa shape index (κ1) is 13.2. The highest BCUT2D eigenvalue weighted by Crippen LogP contribution is 2.43. The zero-order valence-electron chi connectivity index (χ0n) is 11.0. The Morgan fingerprint density at radius 1 is 1.05 bits per heavy atom. The summed E-state index contributed by atoms with van der Waals surface area (Å²) >= 11 is 3.48. The highest BCUT2D eigenvalue weighted by atomic mass is 79.9. The van der Waals surface area contributed by atoms with Crippen LogP contribution >= 0.6 is 15.9 Å². The normalized spacial score (nSPS) is 21.5. The van der Waals surface area contributed by atoms with Gasteiger partial charge in [0.2, 0.25) is 5.91 Å². The number of nitrogens with zero attached hydrogens (tertiary/aromatic N) is 1. The fraction of sp³-hybridized carbons (Fsp3) is 0.188. The van der Waals surface area contributed by atoms with E-state index in [9.17, 15) is 4.79 Å². The molecule has 1 amide bonds. The van der Waals surface area contributed by atoms with Crippen LogP contribution < -0.4 is 9.64 Å². The lowest BCUT2D eigenvalue weighted by Gasteiger charge is -2.45. The van der Waals surface area contributed by atoms with E-state index in [0.717, 1.165) is 17.0 Å². The van der Waals surface area contributed by atoms with E-state index in [1.165, 1.54) is 0 Å². The van der Waals surface area contributed by atoms with Crippen molar-refractivity contribution in [3.63, 3.8) is 0 Å². The molecule has 0 spiro atoms. The van der Waals surface area contributed by atoms with Gasteiger partial charge in [-0.15, -0.1) is 0 Å². The van der Waals surface area contributed by atoms with Crippen LogP contribution in [0.15, 0.2) is 54.6 Å². The van der Waals surface area contributed by atoms with Crippen LogP contribution in [0.1, 0.15) is 11.6 Å². The number of hydrogen-bond acceptors (Lipinski definition) is 2.